The molecule has 0 radical (unpaired) electrons. The maximum atomic E-state index is 5.38. The van der Waals surface area contributed by atoms with Crippen LogP contribution in [0.15, 0.2) is 48.5 Å². The summed E-state index contributed by atoms with van der Waals surface area (Å²) in [6.45, 7) is 5.20. The Morgan fingerprint density at radius 3 is 2.23 bits per heavy atom. The summed E-state index contributed by atoms with van der Waals surface area (Å²) in [6, 6.07) is 16.8. The smallest absolute Gasteiger partial charge is 0.161 e. The van der Waals surface area contributed by atoms with Gasteiger partial charge in [-0.2, -0.15) is 0 Å². The molecular weight excluding hydrogens is 274 g/mol. The van der Waals surface area contributed by atoms with Gasteiger partial charge in [-0.3, -0.25) is 4.90 Å². The van der Waals surface area contributed by atoms with Crippen LogP contribution in [0.4, 0.5) is 0 Å². The molecule has 3 heteroatoms. The van der Waals surface area contributed by atoms with E-state index in [0.29, 0.717) is 0 Å². The molecule has 0 unspecified atom stereocenters. The topological polar surface area (TPSA) is 21.7 Å². The van der Waals surface area contributed by atoms with Gasteiger partial charge in [0.1, 0.15) is 0 Å². The minimum Gasteiger partial charge on any atom is -0.493 e. The standard InChI is InChI=1S/C19H25NO2/c1-4-20(13-12-16-8-6-5-7-9-16)15-17-10-11-18(21-2)19(14-17)22-3/h5-11,14H,4,12-13,15H2,1-3H3. The van der Waals surface area contributed by atoms with Gasteiger partial charge >= 0.3 is 0 Å². The average molecular weight is 299 g/mol. The number of likely N-dealkylation sites (N-methyl/N-ethyl adjacent to an activating group) is 1. The van der Waals surface area contributed by atoms with E-state index >= 15 is 0 Å². The van der Waals surface area contributed by atoms with E-state index in [0.717, 1.165) is 37.6 Å². The van der Waals surface area contributed by atoms with E-state index < -0.39 is 0 Å². The molecule has 2 aromatic carbocycles. The van der Waals surface area contributed by atoms with E-state index in [1.165, 1.54) is 11.1 Å². The summed E-state index contributed by atoms with van der Waals surface area (Å²) in [7, 11) is 3.34. The fourth-order valence-electron chi connectivity index (χ4n) is 2.52. The molecule has 0 aliphatic rings. The summed E-state index contributed by atoms with van der Waals surface area (Å²) in [5, 5.41) is 0. The molecule has 0 atom stereocenters. The molecule has 0 aliphatic carbocycles. The third-order valence-electron chi connectivity index (χ3n) is 3.86. The summed E-state index contributed by atoms with van der Waals surface area (Å²) in [5.74, 6) is 1.57. The molecule has 0 aliphatic heterocycles. The molecular formula is C19H25NO2. The van der Waals surface area contributed by atoms with Crippen molar-refractivity contribution in [3.05, 3.63) is 59.7 Å². The first kappa shape index (κ1) is 16.4. The highest BCUT2D eigenvalue weighted by Crippen LogP contribution is 2.28. The monoisotopic (exact) mass is 299 g/mol. The van der Waals surface area contributed by atoms with Crippen LogP contribution in [0.5, 0.6) is 11.5 Å². The molecule has 3 nitrogen and oxygen atoms in total. The SMILES string of the molecule is CCN(CCc1ccccc1)Cc1ccc(OC)c(OC)c1. The predicted octanol–water partition coefficient (Wildman–Crippen LogP) is 3.77. The fourth-order valence-corrected chi connectivity index (χ4v) is 2.52. The van der Waals surface area contributed by atoms with Gasteiger partial charge in [0.05, 0.1) is 14.2 Å². The molecule has 2 rings (SSSR count). The number of hydrogen-bond acceptors (Lipinski definition) is 3. The first-order valence-electron chi connectivity index (χ1n) is 7.74. The highest BCUT2D eigenvalue weighted by molar-refractivity contribution is 5.42. The number of benzene rings is 2. The number of ether oxygens (including phenoxy) is 2. The van der Waals surface area contributed by atoms with Gasteiger partial charge in [-0.15, -0.1) is 0 Å². The van der Waals surface area contributed by atoms with Crippen molar-refractivity contribution in [2.45, 2.75) is 19.9 Å². The van der Waals surface area contributed by atoms with Crippen molar-refractivity contribution in [3.8, 4) is 11.5 Å². The average Bonchev–Trinajstić information content (AvgIpc) is 2.59. The Balaban J connectivity index is 1.97. The summed E-state index contributed by atoms with van der Waals surface area (Å²) >= 11 is 0. The van der Waals surface area contributed by atoms with Crippen LogP contribution in [0.25, 0.3) is 0 Å². The van der Waals surface area contributed by atoms with Crippen molar-refractivity contribution >= 4 is 0 Å². The van der Waals surface area contributed by atoms with Gasteiger partial charge < -0.3 is 9.47 Å². The Kier molecular flexibility index (Phi) is 6.28. The number of methoxy groups -OCH3 is 2. The lowest BCUT2D eigenvalue weighted by atomic mass is 10.1. The minimum atomic E-state index is 0.776. The summed E-state index contributed by atoms with van der Waals surface area (Å²) < 4.78 is 10.7. The molecule has 0 fully saturated rings. The molecule has 22 heavy (non-hydrogen) atoms. The Labute approximate surface area is 133 Å². The molecule has 0 aromatic heterocycles. The normalized spacial score (nSPS) is 10.7. The Hall–Kier alpha value is -2.00. The van der Waals surface area contributed by atoms with Crippen LogP contribution < -0.4 is 9.47 Å². The van der Waals surface area contributed by atoms with Crippen LogP contribution in [-0.2, 0) is 13.0 Å². The van der Waals surface area contributed by atoms with E-state index in [2.05, 4.69) is 54.3 Å². The molecule has 0 bridgehead atoms. The lowest BCUT2D eigenvalue weighted by molar-refractivity contribution is 0.282. The van der Waals surface area contributed by atoms with Crippen LogP contribution in [-0.4, -0.2) is 32.2 Å². The van der Waals surface area contributed by atoms with E-state index in [1.807, 2.05) is 6.07 Å². The van der Waals surface area contributed by atoms with E-state index in [1.54, 1.807) is 14.2 Å². The van der Waals surface area contributed by atoms with Crippen LogP contribution in [0.1, 0.15) is 18.1 Å². The molecule has 2 aromatic rings. The fraction of sp³-hybridized carbons (Fsp3) is 0.368. The van der Waals surface area contributed by atoms with Gasteiger partial charge in [0.2, 0.25) is 0 Å². The molecule has 118 valence electrons. The van der Waals surface area contributed by atoms with E-state index in [4.69, 9.17) is 9.47 Å². The molecule has 0 saturated heterocycles. The first-order valence-corrected chi connectivity index (χ1v) is 7.74. The van der Waals surface area contributed by atoms with Gasteiger partial charge in [-0.25, -0.2) is 0 Å². The van der Waals surface area contributed by atoms with Crippen molar-refractivity contribution in [1.29, 1.82) is 0 Å². The third-order valence-corrected chi connectivity index (χ3v) is 3.86. The molecule has 0 spiro atoms. The molecule has 0 heterocycles. The second-order valence-electron chi connectivity index (χ2n) is 5.29. The lowest BCUT2D eigenvalue weighted by Gasteiger charge is -2.21. The van der Waals surface area contributed by atoms with Crippen LogP contribution in [0.3, 0.4) is 0 Å². The zero-order valence-corrected chi connectivity index (χ0v) is 13.7. The van der Waals surface area contributed by atoms with Crippen molar-refractivity contribution in [2.75, 3.05) is 27.3 Å². The summed E-state index contributed by atoms with van der Waals surface area (Å²) in [5.41, 5.74) is 2.63. The van der Waals surface area contributed by atoms with Crippen LogP contribution in [0, 0.1) is 0 Å². The van der Waals surface area contributed by atoms with Gasteiger partial charge in [-0.1, -0.05) is 43.3 Å². The number of nitrogens with zero attached hydrogens (tertiary/aromatic N) is 1. The highest BCUT2D eigenvalue weighted by Gasteiger charge is 2.08. The Bertz CT molecular complexity index is 569. The van der Waals surface area contributed by atoms with Crippen molar-refractivity contribution in [3.63, 3.8) is 0 Å². The Morgan fingerprint density at radius 2 is 1.59 bits per heavy atom. The molecule has 0 N–H and O–H groups in total. The van der Waals surface area contributed by atoms with Crippen LogP contribution in [0.2, 0.25) is 0 Å². The highest BCUT2D eigenvalue weighted by atomic mass is 16.5. The second kappa shape index (κ2) is 8.44. The zero-order valence-electron chi connectivity index (χ0n) is 13.7. The van der Waals surface area contributed by atoms with Crippen molar-refractivity contribution in [2.24, 2.45) is 0 Å². The maximum Gasteiger partial charge on any atom is 0.161 e. The number of rotatable bonds is 8. The minimum absolute atomic E-state index is 0.776. The van der Waals surface area contributed by atoms with E-state index in [9.17, 15) is 0 Å². The largest absolute Gasteiger partial charge is 0.493 e. The van der Waals surface area contributed by atoms with Crippen molar-refractivity contribution < 1.29 is 9.47 Å². The lowest BCUT2D eigenvalue weighted by Crippen LogP contribution is -2.25. The van der Waals surface area contributed by atoms with Gasteiger partial charge in [-0.05, 0) is 36.2 Å². The maximum absolute atomic E-state index is 5.38. The second-order valence-corrected chi connectivity index (χ2v) is 5.29. The van der Waals surface area contributed by atoms with Crippen LogP contribution >= 0.6 is 0 Å². The van der Waals surface area contributed by atoms with Gasteiger partial charge in [0.25, 0.3) is 0 Å². The van der Waals surface area contributed by atoms with Crippen molar-refractivity contribution in [1.82, 2.24) is 4.90 Å². The van der Waals surface area contributed by atoms with Gasteiger partial charge in [0, 0.05) is 13.1 Å². The summed E-state index contributed by atoms with van der Waals surface area (Å²) in [6.07, 6.45) is 1.07. The molecule has 0 amide bonds. The quantitative estimate of drug-likeness (QED) is 0.740. The molecule has 0 saturated carbocycles. The zero-order chi connectivity index (χ0) is 15.8. The third kappa shape index (κ3) is 4.50. The predicted molar refractivity (Wildman–Crippen MR) is 90.6 cm³/mol. The Morgan fingerprint density at radius 1 is 0.864 bits per heavy atom. The first-order chi connectivity index (χ1) is 10.8. The van der Waals surface area contributed by atoms with Gasteiger partial charge in [0.15, 0.2) is 11.5 Å². The number of hydrogen-bond donors (Lipinski definition) is 0. The summed E-state index contributed by atoms with van der Waals surface area (Å²) in [4.78, 5) is 2.44. The van der Waals surface area contributed by atoms with E-state index in [-0.39, 0.29) is 0 Å².